The molecule has 0 saturated heterocycles. The van der Waals surface area contributed by atoms with E-state index in [0.29, 0.717) is 11.5 Å². The van der Waals surface area contributed by atoms with Crippen LogP contribution in [-0.2, 0) is 14.3 Å². The molecule has 1 rings (SSSR count). The summed E-state index contributed by atoms with van der Waals surface area (Å²) in [6.07, 6.45) is 1.02. The molecule has 66 valence electrons. The van der Waals surface area contributed by atoms with Gasteiger partial charge in [-0.25, -0.2) is 4.99 Å². The lowest BCUT2D eigenvalue weighted by Crippen LogP contribution is -2.28. The van der Waals surface area contributed by atoms with Crippen LogP contribution in [-0.4, -0.2) is 31.9 Å². The van der Waals surface area contributed by atoms with E-state index in [-0.39, 0.29) is 12.0 Å². The largest absolute Gasteiger partial charge is 0.498 e. The highest BCUT2D eigenvalue weighted by molar-refractivity contribution is 6.05. The lowest BCUT2D eigenvalue weighted by Gasteiger charge is -2.19. The van der Waals surface area contributed by atoms with E-state index in [1.54, 1.807) is 14.0 Å². The summed E-state index contributed by atoms with van der Waals surface area (Å²) in [5, 5.41) is 0. The summed E-state index contributed by atoms with van der Waals surface area (Å²) in [5.74, 6) is 0.215. The molecule has 0 spiro atoms. The molecule has 0 radical (unpaired) electrons. The van der Waals surface area contributed by atoms with Crippen LogP contribution in [0.3, 0.4) is 0 Å². The number of amides is 1. The molecular weight excluding hydrogens is 158 g/mol. The topological polar surface area (TPSA) is 47.9 Å². The molecule has 4 nitrogen and oxygen atoms in total. The number of hydrogen-bond acceptors (Lipinski definition) is 3. The molecule has 1 heterocycles. The van der Waals surface area contributed by atoms with E-state index in [9.17, 15) is 4.79 Å². The van der Waals surface area contributed by atoms with Crippen LogP contribution in [0.15, 0.2) is 16.8 Å². The number of carbonyl (C=O) groups excluding carboxylic acids is 1. The van der Waals surface area contributed by atoms with E-state index < -0.39 is 0 Å². The van der Waals surface area contributed by atoms with Crippen LogP contribution in [0.2, 0.25) is 0 Å². The van der Waals surface area contributed by atoms with Gasteiger partial charge in [-0.15, -0.1) is 0 Å². The van der Waals surface area contributed by atoms with Gasteiger partial charge in [-0.2, -0.15) is 0 Å². The maximum atomic E-state index is 10.9. The zero-order valence-electron chi connectivity index (χ0n) is 7.33. The summed E-state index contributed by atoms with van der Waals surface area (Å²) in [5.41, 5.74) is 0.627. The maximum Gasteiger partial charge on any atom is 0.273 e. The Hall–Kier alpha value is -1.16. The van der Waals surface area contributed by atoms with Crippen LogP contribution in [0.25, 0.3) is 0 Å². The van der Waals surface area contributed by atoms with Crippen LogP contribution >= 0.6 is 0 Å². The van der Waals surface area contributed by atoms with Gasteiger partial charge in [-0.3, -0.25) is 4.79 Å². The fraction of sp³-hybridized carbons (Fsp3) is 0.500. The second-order valence-electron chi connectivity index (χ2n) is 2.46. The minimum atomic E-state index is -0.312. The zero-order chi connectivity index (χ0) is 9.14. The molecule has 12 heavy (non-hydrogen) atoms. The van der Waals surface area contributed by atoms with Crippen molar-refractivity contribution in [1.29, 1.82) is 0 Å². The molecule has 0 aromatic heterocycles. The van der Waals surface area contributed by atoms with E-state index in [1.807, 2.05) is 0 Å². The lowest BCUT2D eigenvalue weighted by atomic mass is 10.1. The van der Waals surface area contributed by atoms with Gasteiger partial charge < -0.3 is 9.47 Å². The monoisotopic (exact) mass is 169 g/mol. The van der Waals surface area contributed by atoms with Gasteiger partial charge in [-0.1, -0.05) is 0 Å². The highest BCUT2D eigenvalue weighted by atomic mass is 16.5. The Morgan fingerprint density at radius 2 is 2.17 bits per heavy atom. The van der Waals surface area contributed by atoms with E-state index in [4.69, 9.17) is 9.47 Å². The van der Waals surface area contributed by atoms with Crippen LogP contribution < -0.4 is 0 Å². The van der Waals surface area contributed by atoms with E-state index in [0.717, 1.165) is 0 Å². The second kappa shape index (κ2) is 3.49. The van der Waals surface area contributed by atoms with Crippen LogP contribution in [0, 0.1) is 0 Å². The van der Waals surface area contributed by atoms with Crippen molar-refractivity contribution >= 4 is 11.6 Å². The minimum absolute atomic E-state index is 0.294. The number of ether oxygens (including phenoxy) is 2. The molecule has 0 aromatic carbocycles. The van der Waals surface area contributed by atoms with Crippen LogP contribution in [0.5, 0.6) is 0 Å². The van der Waals surface area contributed by atoms with Crippen molar-refractivity contribution < 1.29 is 14.3 Å². The SMILES string of the molecule is COC1=CC(=O)N=C(C)C1OC. The molecule has 1 aliphatic rings. The molecule has 1 aliphatic heterocycles. The molecule has 0 saturated carbocycles. The minimum Gasteiger partial charge on any atom is -0.498 e. The first kappa shape index (κ1) is 8.93. The van der Waals surface area contributed by atoms with Gasteiger partial charge >= 0.3 is 0 Å². The first-order valence-electron chi connectivity index (χ1n) is 3.56. The van der Waals surface area contributed by atoms with Gasteiger partial charge in [0.25, 0.3) is 5.91 Å². The van der Waals surface area contributed by atoms with Crippen molar-refractivity contribution in [2.45, 2.75) is 13.0 Å². The van der Waals surface area contributed by atoms with E-state index in [1.165, 1.54) is 13.2 Å². The summed E-state index contributed by atoms with van der Waals surface area (Å²) in [6, 6.07) is 0. The molecule has 0 fully saturated rings. The van der Waals surface area contributed by atoms with E-state index in [2.05, 4.69) is 4.99 Å². The first-order valence-corrected chi connectivity index (χ1v) is 3.56. The van der Waals surface area contributed by atoms with Gasteiger partial charge in [0.05, 0.1) is 12.8 Å². The van der Waals surface area contributed by atoms with Gasteiger partial charge in [0.1, 0.15) is 5.76 Å². The summed E-state index contributed by atoms with van der Waals surface area (Å²) in [7, 11) is 3.05. The fourth-order valence-electron chi connectivity index (χ4n) is 1.12. The molecule has 0 aliphatic carbocycles. The van der Waals surface area contributed by atoms with Crippen molar-refractivity contribution in [3.63, 3.8) is 0 Å². The van der Waals surface area contributed by atoms with Crippen LogP contribution in [0.1, 0.15) is 6.92 Å². The third-order valence-corrected chi connectivity index (χ3v) is 1.66. The van der Waals surface area contributed by atoms with Gasteiger partial charge in [-0.05, 0) is 6.92 Å². The third kappa shape index (κ3) is 1.53. The van der Waals surface area contributed by atoms with E-state index >= 15 is 0 Å². The van der Waals surface area contributed by atoms with Crippen molar-refractivity contribution in [2.24, 2.45) is 4.99 Å². The predicted octanol–water partition coefficient (Wildman–Crippen LogP) is 0.533. The quantitative estimate of drug-likeness (QED) is 0.606. The average molecular weight is 169 g/mol. The average Bonchev–Trinajstić information content (AvgIpc) is 2.03. The number of dihydropyridines is 1. The zero-order valence-corrected chi connectivity index (χ0v) is 7.33. The highest BCUT2D eigenvalue weighted by Crippen LogP contribution is 2.13. The highest BCUT2D eigenvalue weighted by Gasteiger charge is 2.23. The Morgan fingerprint density at radius 1 is 1.50 bits per heavy atom. The number of carbonyl (C=O) groups is 1. The maximum absolute atomic E-state index is 10.9. The summed E-state index contributed by atoms with van der Waals surface area (Å²) < 4.78 is 10.0. The number of methoxy groups -OCH3 is 2. The molecule has 0 bridgehead atoms. The number of nitrogens with zero attached hydrogens (tertiary/aromatic N) is 1. The smallest absolute Gasteiger partial charge is 0.273 e. The first-order chi connectivity index (χ1) is 5.69. The molecule has 4 heteroatoms. The Kier molecular flexibility index (Phi) is 2.60. The molecule has 1 unspecified atom stereocenters. The Balaban J connectivity index is 2.91. The summed E-state index contributed by atoms with van der Waals surface area (Å²) >= 11 is 0. The van der Waals surface area contributed by atoms with Crippen molar-refractivity contribution in [3.05, 3.63) is 11.8 Å². The second-order valence-corrected chi connectivity index (χ2v) is 2.46. The van der Waals surface area contributed by atoms with Crippen LogP contribution in [0.4, 0.5) is 0 Å². The Bertz CT molecular complexity index is 255. The molecule has 1 atom stereocenters. The Morgan fingerprint density at radius 3 is 2.67 bits per heavy atom. The summed E-state index contributed by atoms with van der Waals surface area (Å²) in [6.45, 7) is 1.73. The summed E-state index contributed by atoms with van der Waals surface area (Å²) in [4.78, 5) is 14.6. The number of rotatable bonds is 2. The number of aliphatic imine (C=N–C) groups is 1. The predicted molar refractivity (Wildman–Crippen MR) is 44.0 cm³/mol. The normalized spacial score (nSPS) is 23.2. The van der Waals surface area contributed by atoms with Gasteiger partial charge in [0, 0.05) is 13.2 Å². The standard InChI is InChI=1S/C8H11NO3/c1-5-8(12-3)6(11-2)4-7(10)9-5/h4,8H,1-3H3. The number of hydrogen-bond donors (Lipinski definition) is 0. The lowest BCUT2D eigenvalue weighted by molar-refractivity contribution is -0.113. The van der Waals surface area contributed by atoms with Gasteiger partial charge in [0.15, 0.2) is 6.10 Å². The third-order valence-electron chi connectivity index (χ3n) is 1.66. The van der Waals surface area contributed by atoms with Crippen molar-refractivity contribution in [2.75, 3.05) is 14.2 Å². The van der Waals surface area contributed by atoms with Gasteiger partial charge in [0.2, 0.25) is 0 Å². The van der Waals surface area contributed by atoms with Crippen molar-refractivity contribution in [3.8, 4) is 0 Å². The molecule has 0 N–H and O–H groups in total. The van der Waals surface area contributed by atoms with Crippen molar-refractivity contribution in [1.82, 2.24) is 0 Å². The molecular formula is C8H11NO3. The Labute approximate surface area is 70.9 Å². The fourth-order valence-corrected chi connectivity index (χ4v) is 1.12. The molecule has 1 amide bonds. The molecule has 0 aromatic rings.